The van der Waals surface area contributed by atoms with E-state index in [1.165, 1.54) is 11.0 Å². The van der Waals surface area contributed by atoms with Gasteiger partial charge in [0.05, 0.1) is 16.4 Å². The summed E-state index contributed by atoms with van der Waals surface area (Å²) >= 11 is 0.942. The molecule has 0 unspecified atom stereocenters. The highest BCUT2D eigenvalue weighted by Gasteiger charge is 2.35. The van der Waals surface area contributed by atoms with Gasteiger partial charge < -0.3 is 4.57 Å². The Morgan fingerprint density at radius 3 is 2.45 bits per heavy atom. The first-order chi connectivity index (χ1) is 15.7. The van der Waals surface area contributed by atoms with E-state index in [1.54, 1.807) is 18.2 Å². The number of aromatic nitrogens is 1. The number of hydrogen-bond donors (Lipinski definition) is 0. The van der Waals surface area contributed by atoms with Crippen molar-refractivity contribution in [3.8, 4) is 5.69 Å². The Morgan fingerprint density at radius 1 is 1.03 bits per heavy atom. The molecule has 0 bridgehead atoms. The Labute approximate surface area is 195 Å². The fourth-order valence-electron chi connectivity index (χ4n) is 4.08. The summed E-state index contributed by atoms with van der Waals surface area (Å²) in [7, 11) is 0. The molecule has 2 heterocycles. The number of aryl methyl sites for hydroxylation is 3. The Kier molecular flexibility index (Phi) is 5.95. The van der Waals surface area contributed by atoms with Gasteiger partial charge in [-0.1, -0.05) is 29.8 Å². The van der Waals surface area contributed by atoms with Gasteiger partial charge in [-0.15, -0.1) is 0 Å². The maximum Gasteiger partial charge on any atom is 0.293 e. The van der Waals surface area contributed by atoms with Gasteiger partial charge in [0, 0.05) is 29.2 Å². The third-order valence-electron chi connectivity index (χ3n) is 5.69. The number of rotatable bonds is 5. The van der Waals surface area contributed by atoms with Gasteiger partial charge in [0.2, 0.25) is 0 Å². The lowest BCUT2D eigenvalue weighted by Gasteiger charge is -2.13. The number of benzene rings is 2. The normalized spacial score (nSPS) is 15.0. The monoisotopic (exact) mass is 461 g/mol. The first-order valence-corrected chi connectivity index (χ1v) is 11.2. The van der Waals surface area contributed by atoms with Crippen molar-refractivity contribution in [1.29, 1.82) is 0 Å². The average Bonchev–Trinajstić information content (AvgIpc) is 3.17. The lowest BCUT2D eigenvalue weighted by atomic mass is 10.1. The summed E-state index contributed by atoms with van der Waals surface area (Å²) in [4.78, 5) is 37.8. The highest BCUT2D eigenvalue weighted by Crippen LogP contribution is 2.35. The van der Waals surface area contributed by atoms with Crippen molar-refractivity contribution in [2.24, 2.45) is 0 Å². The van der Waals surface area contributed by atoms with Gasteiger partial charge in [0.1, 0.15) is 0 Å². The zero-order chi connectivity index (χ0) is 23.9. The molecule has 0 aliphatic carbocycles. The number of amides is 2. The first kappa shape index (κ1) is 22.5. The van der Waals surface area contributed by atoms with Crippen molar-refractivity contribution < 1.29 is 14.5 Å². The molecule has 3 aromatic rings. The third-order valence-corrected chi connectivity index (χ3v) is 6.59. The maximum atomic E-state index is 13.0. The highest BCUT2D eigenvalue weighted by atomic mass is 32.2. The average molecular weight is 462 g/mol. The lowest BCUT2D eigenvalue weighted by molar-refractivity contribution is -0.384. The fourth-order valence-corrected chi connectivity index (χ4v) is 4.91. The van der Waals surface area contributed by atoms with Crippen LogP contribution in [0, 0.1) is 37.8 Å². The number of carbonyl (C=O) groups is 2. The second-order valence-electron chi connectivity index (χ2n) is 8.15. The standard InChI is InChI=1S/C25H23N3O4S/c1-15-6-5-7-19(10-15)14-26-24(29)23(33-25(26)30)13-20-12-17(3)27(18(20)4)22-9-8-21(28(31)32)11-16(22)2/h5-13H,14H2,1-4H3/b23-13-. The van der Waals surface area contributed by atoms with E-state index in [9.17, 15) is 19.7 Å². The third kappa shape index (κ3) is 4.34. The van der Waals surface area contributed by atoms with E-state index in [1.807, 2.05) is 62.6 Å². The molecule has 1 aromatic heterocycles. The number of nitro benzene ring substituents is 1. The number of non-ortho nitro benzene ring substituents is 1. The molecule has 7 nitrogen and oxygen atoms in total. The van der Waals surface area contributed by atoms with Crippen molar-refractivity contribution in [3.05, 3.63) is 97.2 Å². The first-order valence-electron chi connectivity index (χ1n) is 10.4. The number of hydrogen-bond acceptors (Lipinski definition) is 5. The van der Waals surface area contributed by atoms with Crippen LogP contribution < -0.4 is 0 Å². The minimum atomic E-state index is -0.412. The Morgan fingerprint density at radius 2 is 1.79 bits per heavy atom. The molecule has 1 fully saturated rings. The van der Waals surface area contributed by atoms with E-state index < -0.39 is 4.92 Å². The van der Waals surface area contributed by atoms with E-state index in [-0.39, 0.29) is 23.4 Å². The van der Waals surface area contributed by atoms with Crippen LogP contribution >= 0.6 is 11.8 Å². The summed E-state index contributed by atoms with van der Waals surface area (Å²) in [5.74, 6) is -0.303. The number of imide groups is 1. The molecule has 4 rings (SSSR count). The molecule has 0 saturated carbocycles. The summed E-state index contributed by atoms with van der Waals surface area (Å²) in [6, 6.07) is 14.5. The minimum absolute atomic E-state index is 0.0428. The van der Waals surface area contributed by atoms with E-state index in [4.69, 9.17) is 0 Å². The summed E-state index contributed by atoms with van der Waals surface area (Å²) in [5, 5.41) is 10.8. The van der Waals surface area contributed by atoms with Crippen LogP contribution in [-0.4, -0.2) is 25.5 Å². The second kappa shape index (κ2) is 8.71. The van der Waals surface area contributed by atoms with Crippen LogP contribution in [0.5, 0.6) is 0 Å². The maximum absolute atomic E-state index is 13.0. The van der Waals surface area contributed by atoms with Crippen LogP contribution in [0.15, 0.2) is 53.4 Å². The summed E-state index contributed by atoms with van der Waals surface area (Å²) in [6.45, 7) is 7.91. The van der Waals surface area contributed by atoms with Crippen molar-refractivity contribution >= 4 is 34.7 Å². The number of nitro groups is 1. The van der Waals surface area contributed by atoms with Crippen molar-refractivity contribution in [3.63, 3.8) is 0 Å². The zero-order valence-electron chi connectivity index (χ0n) is 18.8. The number of carbonyl (C=O) groups excluding carboxylic acids is 2. The van der Waals surface area contributed by atoms with Crippen LogP contribution in [0.2, 0.25) is 0 Å². The minimum Gasteiger partial charge on any atom is -0.318 e. The lowest BCUT2D eigenvalue weighted by Crippen LogP contribution is -2.27. The predicted octanol–water partition coefficient (Wildman–Crippen LogP) is 5.86. The largest absolute Gasteiger partial charge is 0.318 e. The molecule has 0 atom stereocenters. The molecule has 1 aliphatic heterocycles. The van der Waals surface area contributed by atoms with Gasteiger partial charge in [-0.3, -0.25) is 24.6 Å². The quantitative estimate of drug-likeness (QED) is 0.270. The molecular formula is C25H23N3O4S. The van der Waals surface area contributed by atoms with Crippen LogP contribution in [0.3, 0.4) is 0 Å². The molecule has 1 saturated heterocycles. The van der Waals surface area contributed by atoms with Crippen LogP contribution in [0.1, 0.15) is 33.6 Å². The van der Waals surface area contributed by atoms with Crippen LogP contribution in [0.25, 0.3) is 11.8 Å². The topological polar surface area (TPSA) is 85.4 Å². The second-order valence-corrected chi connectivity index (χ2v) is 9.14. The molecule has 168 valence electrons. The van der Waals surface area contributed by atoms with Crippen LogP contribution in [-0.2, 0) is 11.3 Å². The summed E-state index contributed by atoms with van der Waals surface area (Å²) in [6.07, 6.45) is 1.75. The molecule has 8 heteroatoms. The molecule has 0 N–H and O–H groups in total. The highest BCUT2D eigenvalue weighted by molar-refractivity contribution is 8.18. The van der Waals surface area contributed by atoms with Gasteiger partial charge in [0.25, 0.3) is 16.8 Å². The Balaban J connectivity index is 1.65. The smallest absolute Gasteiger partial charge is 0.293 e. The van der Waals surface area contributed by atoms with E-state index in [0.717, 1.165) is 51.1 Å². The summed E-state index contributed by atoms with van der Waals surface area (Å²) in [5.41, 5.74) is 6.27. The van der Waals surface area contributed by atoms with Gasteiger partial charge in [-0.05, 0) is 74.4 Å². The summed E-state index contributed by atoms with van der Waals surface area (Å²) < 4.78 is 2.00. The van der Waals surface area contributed by atoms with Crippen LogP contribution in [0.4, 0.5) is 10.5 Å². The van der Waals surface area contributed by atoms with Gasteiger partial charge in [-0.25, -0.2) is 0 Å². The van der Waals surface area contributed by atoms with Crippen molar-refractivity contribution in [2.75, 3.05) is 0 Å². The zero-order valence-corrected chi connectivity index (χ0v) is 19.6. The fraction of sp³-hybridized carbons (Fsp3) is 0.200. The molecule has 1 aliphatic rings. The predicted molar refractivity (Wildman–Crippen MR) is 129 cm³/mol. The van der Waals surface area contributed by atoms with Gasteiger partial charge in [-0.2, -0.15) is 0 Å². The number of thioether (sulfide) groups is 1. The SMILES string of the molecule is Cc1cccc(CN2C(=O)S/C(=C\c3cc(C)n(-c4ccc([N+](=O)[O-])cc4C)c3C)C2=O)c1. The Bertz CT molecular complexity index is 1340. The van der Waals surface area contributed by atoms with E-state index in [0.29, 0.717) is 4.91 Å². The molecule has 2 aromatic carbocycles. The van der Waals surface area contributed by atoms with Crippen molar-refractivity contribution in [2.45, 2.75) is 34.2 Å². The molecule has 2 amide bonds. The number of nitrogens with zero attached hydrogens (tertiary/aromatic N) is 3. The molecule has 0 radical (unpaired) electrons. The van der Waals surface area contributed by atoms with E-state index in [2.05, 4.69) is 0 Å². The van der Waals surface area contributed by atoms with Crippen molar-refractivity contribution in [1.82, 2.24) is 9.47 Å². The van der Waals surface area contributed by atoms with Gasteiger partial charge in [0.15, 0.2) is 0 Å². The molecule has 33 heavy (non-hydrogen) atoms. The Hall–Kier alpha value is -3.65. The molecular weight excluding hydrogens is 438 g/mol. The van der Waals surface area contributed by atoms with Gasteiger partial charge >= 0.3 is 0 Å². The molecule has 0 spiro atoms. The van der Waals surface area contributed by atoms with E-state index >= 15 is 0 Å².